The van der Waals surface area contributed by atoms with Gasteiger partial charge in [-0.15, -0.1) is 0 Å². The molecule has 2 aromatic rings. The Bertz CT molecular complexity index is 668. The summed E-state index contributed by atoms with van der Waals surface area (Å²) in [5.41, 5.74) is 7.98. The highest BCUT2D eigenvalue weighted by Gasteiger charge is 2.30. The third-order valence-electron chi connectivity index (χ3n) is 3.99. The lowest BCUT2D eigenvalue weighted by molar-refractivity contribution is -0.124. The minimum Gasteiger partial charge on any atom is -0.368 e. The summed E-state index contributed by atoms with van der Waals surface area (Å²) >= 11 is 0. The first-order valence-corrected chi connectivity index (χ1v) is 7.59. The molecule has 1 aromatic carbocycles. The molecule has 1 aromatic heterocycles. The predicted molar refractivity (Wildman–Crippen MR) is 80.7 cm³/mol. The number of aromatic nitrogens is 2. The van der Waals surface area contributed by atoms with Gasteiger partial charge in [-0.25, -0.2) is 0 Å². The third kappa shape index (κ3) is 3.01. The fourth-order valence-corrected chi connectivity index (χ4v) is 2.88. The lowest BCUT2D eigenvalue weighted by atomic mass is 9.93. The summed E-state index contributed by atoms with van der Waals surface area (Å²) in [6.45, 7) is 3.20. The molecule has 1 aliphatic heterocycles. The summed E-state index contributed by atoms with van der Waals surface area (Å²) in [6, 6.07) is 7.80. The standard InChI is InChI=1S/C16H20N4O2/c1-2-5-15-18-14(19-22-15)10-20-9-12-7-4-3-6-11(12)8-13(20)16(17)21/h3-4,6-7,13H,2,5,8-10H2,1H3,(H2,17,21)/t13-/m1/s1. The molecule has 0 fully saturated rings. The summed E-state index contributed by atoms with van der Waals surface area (Å²) in [7, 11) is 0. The fourth-order valence-electron chi connectivity index (χ4n) is 2.88. The molecule has 22 heavy (non-hydrogen) atoms. The molecule has 0 aliphatic carbocycles. The first-order valence-electron chi connectivity index (χ1n) is 7.59. The summed E-state index contributed by atoms with van der Waals surface area (Å²) in [4.78, 5) is 18.2. The average Bonchev–Trinajstić information content (AvgIpc) is 2.94. The summed E-state index contributed by atoms with van der Waals surface area (Å²) in [5, 5.41) is 4.00. The highest BCUT2D eigenvalue weighted by Crippen LogP contribution is 2.24. The lowest BCUT2D eigenvalue weighted by Crippen LogP contribution is -2.48. The van der Waals surface area contributed by atoms with Crippen LogP contribution < -0.4 is 5.73 Å². The number of fused-ring (bicyclic) bond motifs is 1. The van der Waals surface area contributed by atoms with Crippen molar-refractivity contribution < 1.29 is 9.32 Å². The Morgan fingerprint density at radius 2 is 2.18 bits per heavy atom. The number of nitrogens with zero attached hydrogens (tertiary/aromatic N) is 3. The van der Waals surface area contributed by atoms with Crippen LogP contribution in [-0.2, 0) is 30.7 Å². The Labute approximate surface area is 129 Å². The van der Waals surface area contributed by atoms with E-state index in [1.54, 1.807) is 0 Å². The second kappa shape index (κ2) is 6.27. The van der Waals surface area contributed by atoms with Crippen molar-refractivity contribution in [2.45, 2.75) is 45.3 Å². The number of hydrogen-bond acceptors (Lipinski definition) is 5. The van der Waals surface area contributed by atoms with Crippen molar-refractivity contribution in [3.8, 4) is 0 Å². The Hall–Kier alpha value is -2.21. The predicted octanol–water partition coefficient (Wildman–Crippen LogP) is 1.43. The number of rotatable bonds is 5. The largest absolute Gasteiger partial charge is 0.368 e. The molecule has 1 aliphatic rings. The summed E-state index contributed by atoms with van der Waals surface area (Å²) in [5.74, 6) is 0.936. The maximum atomic E-state index is 11.8. The van der Waals surface area contributed by atoms with Crippen molar-refractivity contribution in [1.82, 2.24) is 15.0 Å². The van der Waals surface area contributed by atoms with Gasteiger partial charge < -0.3 is 10.3 Å². The third-order valence-corrected chi connectivity index (χ3v) is 3.99. The molecule has 2 heterocycles. The zero-order chi connectivity index (χ0) is 15.5. The summed E-state index contributed by atoms with van der Waals surface area (Å²) < 4.78 is 5.21. The first-order chi connectivity index (χ1) is 10.7. The van der Waals surface area contributed by atoms with Gasteiger partial charge in [-0.1, -0.05) is 36.3 Å². The van der Waals surface area contributed by atoms with Gasteiger partial charge in [0.1, 0.15) is 0 Å². The fraction of sp³-hybridized carbons (Fsp3) is 0.438. The Kier molecular flexibility index (Phi) is 4.20. The molecule has 0 unspecified atom stereocenters. The van der Waals surface area contributed by atoms with Crippen molar-refractivity contribution in [2.24, 2.45) is 5.73 Å². The monoisotopic (exact) mass is 300 g/mol. The van der Waals surface area contributed by atoms with Crippen molar-refractivity contribution in [1.29, 1.82) is 0 Å². The van der Waals surface area contributed by atoms with E-state index in [-0.39, 0.29) is 11.9 Å². The molecule has 1 atom stereocenters. The van der Waals surface area contributed by atoms with Crippen LogP contribution in [0.25, 0.3) is 0 Å². The lowest BCUT2D eigenvalue weighted by Gasteiger charge is -2.34. The molecule has 2 N–H and O–H groups in total. The van der Waals surface area contributed by atoms with Crippen molar-refractivity contribution in [2.75, 3.05) is 0 Å². The zero-order valence-electron chi connectivity index (χ0n) is 12.7. The highest BCUT2D eigenvalue weighted by atomic mass is 16.5. The maximum Gasteiger partial charge on any atom is 0.235 e. The Morgan fingerprint density at radius 1 is 1.41 bits per heavy atom. The second-order valence-electron chi connectivity index (χ2n) is 5.65. The quantitative estimate of drug-likeness (QED) is 0.903. The highest BCUT2D eigenvalue weighted by molar-refractivity contribution is 5.80. The zero-order valence-corrected chi connectivity index (χ0v) is 12.7. The number of carbonyl (C=O) groups is 1. The minimum atomic E-state index is -0.331. The summed E-state index contributed by atoms with van der Waals surface area (Å²) in [6.07, 6.45) is 2.36. The Morgan fingerprint density at radius 3 is 2.91 bits per heavy atom. The first kappa shape index (κ1) is 14.7. The maximum absolute atomic E-state index is 11.8. The van der Waals surface area contributed by atoms with E-state index in [0.29, 0.717) is 31.2 Å². The number of hydrogen-bond donors (Lipinski definition) is 1. The van der Waals surface area contributed by atoms with E-state index in [9.17, 15) is 4.79 Å². The molecule has 6 nitrogen and oxygen atoms in total. The van der Waals surface area contributed by atoms with Gasteiger partial charge in [0.2, 0.25) is 11.8 Å². The number of primary amides is 1. The van der Waals surface area contributed by atoms with Gasteiger partial charge in [-0.2, -0.15) is 4.98 Å². The normalized spacial score (nSPS) is 18.1. The van der Waals surface area contributed by atoms with Gasteiger partial charge in [-0.3, -0.25) is 9.69 Å². The van der Waals surface area contributed by atoms with E-state index < -0.39 is 0 Å². The molecule has 1 amide bonds. The van der Waals surface area contributed by atoms with Crippen molar-refractivity contribution in [3.05, 3.63) is 47.1 Å². The van der Waals surface area contributed by atoms with Crippen LogP contribution in [0.3, 0.4) is 0 Å². The second-order valence-corrected chi connectivity index (χ2v) is 5.65. The van der Waals surface area contributed by atoms with Crippen LogP contribution >= 0.6 is 0 Å². The van der Waals surface area contributed by atoms with Crippen molar-refractivity contribution in [3.63, 3.8) is 0 Å². The molecule has 116 valence electrons. The topological polar surface area (TPSA) is 85.3 Å². The smallest absolute Gasteiger partial charge is 0.235 e. The SMILES string of the molecule is CCCc1nc(CN2Cc3ccccc3C[C@@H]2C(N)=O)no1. The van der Waals surface area contributed by atoms with Crippen LogP contribution in [0, 0.1) is 0 Å². The van der Waals surface area contributed by atoms with Gasteiger partial charge in [0, 0.05) is 13.0 Å². The minimum absolute atomic E-state index is 0.313. The van der Waals surface area contributed by atoms with E-state index in [0.717, 1.165) is 12.8 Å². The van der Waals surface area contributed by atoms with E-state index >= 15 is 0 Å². The van der Waals surface area contributed by atoms with Crippen LogP contribution in [0.15, 0.2) is 28.8 Å². The number of aryl methyl sites for hydroxylation is 1. The van der Waals surface area contributed by atoms with Crippen LogP contribution in [0.4, 0.5) is 0 Å². The van der Waals surface area contributed by atoms with Crippen LogP contribution in [0.1, 0.15) is 36.2 Å². The molecule has 3 rings (SSSR count). The van der Waals surface area contributed by atoms with E-state index in [1.165, 1.54) is 11.1 Å². The van der Waals surface area contributed by atoms with Gasteiger partial charge in [0.25, 0.3) is 0 Å². The van der Waals surface area contributed by atoms with Crippen LogP contribution in [0.2, 0.25) is 0 Å². The number of amides is 1. The van der Waals surface area contributed by atoms with Crippen LogP contribution in [0.5, 0.6) is 0 Å². The molecular formula is C16H20N4O2. The van der Waals surface area contributed by atoms with Gasteiger partial charge in [0.05, 0.1) is 12.6 Å². The molecule has 0 bridgehead atoms. The number of nitrogens with two attached hydrogens (primary N) is 1. The molecule has 0 saturated carbocycles. The molecule has 0 radical (unpaired) electrons. The molecule has 0 spiro atoms. The average molecular weight is 300 g/mol. The molecule has 6 heteroatoms. The molecular weight excluding hydrogens is 280 g/mol. The van der Waals surface area contributed by atoms with E-state index in [2.05, 4.69) is 29.2 Å². The number of carbonyl (C=O) groups excluding carboxylic acids is 1. The van der Waals surface area contributed by atoms with Gasteiger partial charge in [0.15, 0.2) is 5.82 Å². The van der Waals surface area contributed by atoms with E-state index in [1.807, 2.05) is 17.0 Å². The van der Waals surface area contributed by atoms with Crippen molar-refractivity contribution >= 4 is 5.91 Å². The van der Waals surface area contributed by atoms with Crippen LogP contribution in [-0.4, -0.2) is 27.0 Å². The van der Waals surface area contributed by atoms with Gasteiger partial charge in [-0.05, 0) is 24.0 Å². The van der Waals surface area contributed by atoms with Gasteiger partial charge >= 0.3 is 0 Å². The van der Waals surface area contributed by atoms with E-state index in [4.69, 9.17) is 10.3 Å². The Balaban J connectivity index is 1.79. The number of benzene rings is 1. The molecule has 0 saturated heterocycles.